The van der Waals surface area contributed by atoms with Crippen LogP contribution >= 0.6 is 0 Å². The molecule has 0 bridgehead atoms. The van der Waals surface area contributed by atoms with E-state index in [1.165, 1.54) is 50.5 Å². The van der Waals surface area contributed by atoms with E-state index < -0.39 is 6.09 Å². The number of hydrogen-bond donors (Lipinski definition) is 1. The number of allylic oxidation sites excluding steroid dienone is 1. The Hall–Kier alpha value is -1.52. The Kier molecular flexibility index (Phi) is 6.02. The third-order valence-corrected chi connectivity index (χ3v) is 6.48. The molecule has 0 aliphatic heterocycles. The van der Waals surface area contributed by atoms with E-state index >= 15 is 0 Å². The molecule has 1 atom stereocenters. The molecule has 0 aromatic carbocycles. The number of carbonyl (C=O) groups is 2. The summed E-state index contributed by atoms with van der Waals surface area (Å²) in [6.07, 6.45) is 13.3. The van der Waals surface area contributed by atoms with Crippen LogP contribution in [0.2, 0.25) is 0 Å². The molecule has 3 rings (SSSR count). The zero-order valence-corrected chi connectivity index (χ0v) is 15.4. The van der Waals surface area contributed by atoms with Crippen molar-refractivity contribution in [3.8, 4) is 0 Å². The van der Waals surface area contributed by atoms with Crippen molar-refractivity contribution >= 4 is 12.0 Å². The summed E-state index contributed by atoms with van der Waals surface area (Å²) in [7, 11) is 1.98. The van der Waals surface area contributed by atoms with E-state index in [2.05, 4.69) is 6.08 Å². The van der Waals surface area contributed by atoms with Crippen LogP contribution in [0.4, 0.5) is 4.79 Å². The van der Waals surface area contributed by atoms with Crippen molar-refractivity contribution in [2.24, 2.45) is 23.5 Å². The van der Waals surface area contributed by atoms with Crippen LogP contribution in [-0.4, -0.2) is 36.6 Å². The minimum atomic E-state index is -0.718. The van der Waals surface area contributed by atoms with Gasteiger partial charge in [-0.25, -0.2) is 4.79 Å². The van der Waals surface area contributed by atoms with Crippen LogP contribution in [0.5, 0.6) is 0 Å². The molecule has 3 aliphatic carbocycles. The van der Waals surface area contributed by atoms with E-state index in [-0.39, 0.29) is 11.8 Å². The average molecular weight is 348 g/mol. The van der Waals surface area contributed by atoms with Gasteiger partial charge in [-0.05, 0) is 43.9 Å². The summed E-state index contributed by atoms with van der Waals surface area (Å²) >= 11 is 0. The van der Waals surface area contributed by atoms with Crippen molar-refractivity contribution in [3.05, 3.63) is 11.6 Å². The fourth-order valence-electron chi connectivity index (χ4n) is 4.73. The third kappa shape index (κ3) is 4.56. The molecule has 5 heteroatoms. The summed E-state index contributed by atoms with van der Waals surface area (Å²) < 4.78 is 4.72. The third-order valence-electron chi connectivity index (χ3n) is 6.48. The van der Waals surface area contributed by atoms with Crippen molar-refractivity contribution in [2.45, 2.75) is 70.3 Å². The van der Waals surface area contributed by atoms with Crippen LogP contribution in [-0.2, 0) is 9.53 Å². The van der Waals surface area contributed by atoms with E-state index in [1.807, 2.05) is 11.9 Å². The molecule has 0 heterocycles. The van der Waals surface area contributed by atoms with E-state index in [9.17, 15) is 9.59 Å². The van der Waals surface area contributed by atoms with Gasteiger partial charge < -0.3 is 15.4 Å². The van der Waals surface area contributed by atoms with Gasteiger partial charge in [0.25, 0.3) is 0 Å². The highest BCUT2D eigenvalue weighted by atomic mass is 16.5. The van der Waals surface area contributed by atoms with Gasteiger partial charge in [-0.15, -0.1) is 0 Å². The first-order chi connectivity index (χ1) is 12.0. The van der Waals surface area contributed by atoms with Crippen LogP contribution in [0.15, 0.2) is 11.6 Å². The maximum Gasteiger partial charge on any atom is 0.404 e. The van der Waals surface area contributed by atoms with Gasteiger partial charge >= 0.3 is 6.09 Å². The summed E-state index contributed by atoms with van der Waals surface area (Å²) in [4.78, 5) is 25.1. The van der Waals surface area contributed by atoms with Gasteiger partial charge in [0, 0.05) is 13.1 Å². The fraction of sp³-hybridized carbons (Fsp3) is 0.800. The topological polar surface area (TPSA) is 72.6 Å². The molecule has 0 saturated heterocycles. The summed E-state index contributed by atoms with van der Waals surface area (Å²) in [5, 5.41) is 0. The highest BCUT2D eigenvalue weighted by molar-refractivity contribution is 5.82. The number of rotatable bonds is 7. The molecule has 0 unspecified atom stereocenters. The Morgan fingerprint density at radius 3 is 2.52 bits per heavy atom. The summed E-state index contributed by atoms with van der Waals surface area (Å²) in [6, 6.07) is 0.459. The smallest absolute Gasteiger partial charge is 0.404 e. The quantitative estimate of drug-likeness (QED) is 0.564. The molecule has 25 heavy (non-hydrogen) atoms. The first-order valence-electron chi connectivity index (χ1n) is 9.93. The summed E-state index contributed by atoms with van der Waals surface area (Å²) in [6.45, 7) is 0.357. The van der Waals surface area contributed by atoms with Crippen molar-refractivity contribution in [3.63, 3.8) is 0 Å². The number of ether oxygens (including phenoxy) is 1. The van der Waals surface area contributed by atoms with Crippen LogP contribution in [0, 0.1) is 17.8 Å². The predicted molar refractivity (Wildman–Crippen MR) is 96.8 cm³/mol. The molecule has 0 aromatic rings. The molecule has 2 saturated carbocycles. The molecule has 0 aromatic heterocycles. The number of amides is 2. The molecule has 2 amide bonds. The standard InChI is InChI=1S/C20H32N2O3/c1-22(18-12-16(13-18)15-7-3-2-4-8-15)19(23)17-10-14(11-17)6-5-9-25-20(21)24/h10,15-18H,2-9,11-13H2,1H3,(H2,21,24)/t16-,17-,18+/m0/s1. The lowest BCUT2D eigenvalue weighted by atomic mass is 9.67. The van der Waals surface area contributed by atoms with Crippen LogP contribution in [0.3, 0.4) is 0 Å². The molecule has 140 valence electrons. The molecule has 0 radical (unpaired) electrons. The van der Waals surface area contributed by atoms with E-state index in [0.717, 1.165) is 31.1 Å². The SMILES string of the molecule is CN(C(=O)[C@H]1C=C(CCCOC(N)=O)C1)[C@H]1C[C@@H](C2CCCCC2)C1. The lowest BCUT2D eigenvalue weighted by Crippen LogP contribution is -2.50. The Balaban J connectivity index is 1.34. The Morgan fingerprint density at radius 1 is 1.20 bits per heavy atom. The second kappa shape index (κ2) is 8.24. The van der Waals surface area contributed by atoms with Crippen molar-refractivity contribution in [1.82, 2.24) is 4.90 Å². The van der Waals surface area contributed by atoms with Gasteiger partial charge in [-0.1, -0.05) is 43.8 Å². The molecule has 2 fully saturated rings. The minimum absolute atomic E-state index is 0.0609. The molecular formula is C20H32N2O3. The maximum atomic E-state index is 12.6. The Labute approximate surface area is 151 Å². The van der Waals surface area contributed by atoms with Gasteiger partial charge in [-0.3, -0.25) is 4.79 Å². The minimum Gasteiger partial charge on any atom is -0.450 e. The van der Waals surface area contributed by atoms with Crippen LogP contribution in [0.25, 0.3) is 0 Å². The van der Waals surface area contributed by atoms with Crippen LogP contribution in [0.1, 0.15) is 64.2 Å². The Bertz CT molecular complexity index is 519. The Morgan fingerprint density at radius 2 is 1.88 bits per heavy atom. The summed E-state index contributed by atoms with van der Waals surface area (Å²) in [5.41, 5.74) is 6.23. The largest absolute Gasteiger partial charge is 0.450 e. The second-order valence-corrected chi connectivity index (χ2v) is 8.14. The van der Waals surface area contributed by atoms with Gasteiger partial charge in [0.05, 0.1) is 12.5 Å². The number of carbonyl (C=O) groups excluding carboxylic acids is 2. The zero-order valence-electron chi connectivity index (χ0n) is 15.4. The number of hydrogen-bond acceptors (Lipinski definition) is 3. The van der Waals surface area contributed by atoms with E-state index in [0.29, 0.717) is 12.6 Å². The monoisotopic (exact) mass is 348 g/mol. The molecule has 5 nitrogen and oxygen atoms in total. The zero-order chi connectivity index (χ0) is 17.8. The maximum absolute atomic E-state index is 12.6. The lowest BCUT2D eigenvalue weighted by Gasteiger charge is -2.47. The number of primary amides is 1. The van der Waals surface area contributed by atoms with Gasteiger partial charge in [0.2, 0.25) is 5.91 Å². The van der Waals surface area contributed by atoms with Crippen molar-refractivity contribution in [2.75, 3.05) is 13.7 Å². The second-order valence-electron chi connectivity index (χ2n) is 8.14. The normalized spacial score (nSPS) is 29.2. The van der Waals surface area contributed by atoms with E-state index in [4.69, 9.17) is 10.5 Å². The van der Waals surface area contributed by atoms with Gasteiger partial charge in [0.1, 0.15) is 0 Å². The number of nitrogens with two attached hydrogens (primary N) is 1. The lowest BCUT2D eigenvalue weighted by molar-refractivity contribution is -0.138. The van der Waals surface area contributed by atoms with Crippen molar-refractivity contribution < 1.29 is 14.3 Å². The molecule has 0 spiro atoms. The fourth-order valence-corrected chi connectivity index (χ4v) is 4.73. The first-order valence-corrected chi connectivity index (χ1v) is 9.93. The van der Waals surface area contributed by atoms with E-state index in [1.54, 1.807) is 0 Å². The van der Waals surface area contributed by atoms with Gasteiger partial charge in [0.15, 0.2) is 0 Å². The van der Waals surface area contributed by atoms with Crippen LogP contribution < -0.4 is 5.73 Å². The van der Waals surface area contributed by atoms with Gasteiger partial charge in [-0.2, -0.15) is 0 Å². The molecule has 3 aliphatic rings. The molecule has 2 N–H and O–H groups in total. The average Bonchev–Trinajstić information content (AvgIpc) is 2.51. The van der Waals surface area contributed by atoms with Crippen molar-refractivity contribution in [1.29, 1.82) is 0 Å². The first kappa shape index (κ1) is 18.3. The highest BCUT2D eigenvalue weighted by Crippen LogP contribution is 2.43. The highest BCUT2D eigenvalue weighted by Gasteiger charge is 2.40. The summed E-state index contributed by atoms with van der Waals surface area (Å²) in [5.74, 6) is 2.12. The molecular weight excluding hydrogens is 316 g/mol. The predicted octanol–water partition coefficient (Wildman–Crippen LogP) is 3.63. The number of nitrogens with zero attached hydrogens (tertiary/aromatic N) is 1.